The summed E-state index contributed by atoms with van der Waals surface area (Å²) in [6.45, 7) is 5.60. The SMILES string of the molecule is COc1ccc(OC(=O)C(C)C)c(C2OC2C)c1. The van der Waals surface area contributed by atoms with Crippen molar-refractivity contribution >= 4 is 5.97 Å². The van der Waals surface area contributed by atoms with Crippen LogP contribution in [0.1, 0.15) is 32.4 Å². The van der Waals surface area contributed by atoms with Gasteiger partial charge in [-0.2, -0.15) is 0 Å². The molecule has 0 bridgehead atoms. The third kappa shape index (κ3) is 2.64. The first kappa shape index (κ1) is 12.9. The predicted octanol–water partition coefficient (Wildman–Crippen LogP) is 2.72. The molecule has 1 fully saturated rings. The van der Waals surface area contributed by atoms with Crippen LogP contribution in [0.25, 0.3) is 0 Å². The predicted molar refractivity (Wildman–Crippen MR) is 66.8 cm³/mol. The highest BCUT2D eigenvalue weighted by atomic mass is 16.6. The smallest absolute Gasteiger partial charge is 0.313 e. The number of benzene rings is 1. The van der Waals surface area contributed by atoms with Crippen molar-refractivity contribution in [2.75, 3.05) is 7.11 Å². The molecule has 0 radical (unpaired) electrons. The van der Waals surface area contributed by atoms with Gasteiger partial charge >= 0.3 is 5.97 Å². The molecule has 0 aromatic heterocycles. The molecule has 2 rings (SSSR count). The fourth-order valence-corrected chi connectivity index (χ4v) is 1.71. The maximum Gasteiger partial charge on any atom is 0.313 e. The van der Waals surface area contributed by atoms with Gasteiger partial charge in [-0.1, -0.05) is 13.8 Å². The van der Waals surface area contributed by atoms with Gasteiger partial charge < -0.3 is 14.2 Å². The van der Waals surface area contributed by atoms with E-state index in [1.165, 1.54) is 0 Å². The Hall–Kier alpha value is -1.55. The van der Waals surface area contributed by atoms with E-state index in [0.717, 1.165) is 11.3 Å². The van der Waals surface area contributed by atoms with Gasteiger partial charge in [-0.15, -0.1) is 0 Å². The average molecular weight is 250 g/mol. The van der Waals surface area contributed by atoms with E-state index in [9.17, 15) is 4.79 Å². The zero-order chi connectivity index (χ0) is 13.3. The van der Waals surface area contributed by atoms with E-state index in [0.29, 0.717) is 5.75 Å². The summed E-state index contributed by atoms with van der Waals surface area (Å²) in [5.74, 6) is 0.896. The lowest BCUT2D eigenvalue weighted by molar-refractivity contribution is -0.137. The fraction of sp³-hybridized carbons (Fsp3) is 0.500. The average Bonchev–Trinajstić information content (AvgIpc) is 3.06. The molecule has 0 N–H and O–H groups in total. The summed E-state index contributed by atoms with van der Waals surface area (Å²) in [5.41, 5.74) is 0.871. The molecule has 1 aromatic rings. The van der Waals surface area contributed by atoms with E-state index >= 15 is 0 Å². The third-order valence-electron chi connectivity index (χ3n) is 2.92. The second-order valence-electron chi connectivity index (χ2n) is 4.74. The number of ether oxygens (including phenoxy) is 3. The summed E-state index contributed by atoms with van der Waals surface area (Å²) in [4.78, 5) is 11.6. The highest BCUT2D eigenvalue weighted by molar-refractivity contribution is 5.75. The molecule has 4 nitrogen and oxygen atoms in total. The van der Waals surface area contributed by atoms with Crippen molar-refractivity contribution in [3.63, 3.8) is 0 Å². The summed E-state index contributed by atoms with van der Waals surface area (Å²) in [6.07, 6.45) is 0.156. The van der Waals surface area contributed by atoms with Crippen molar-refractivity contribution in [3.05, 3.63) is 23.8 Å². The Morgan fingerprint density at radius 2 is 2.06 bits per heavy atom. The van der Waals surface area contributed by atoms with E-state index in [1.54, 1.807) is 19.2 Å². The molecule has 1 heterocycles. The van der Waals surface area contributed by atoms with Gasteiger partial charge in [0, 0.05) is 5.56 Å². The lowest BCUT2D eigenvalue weighted by Gasteiger charge is -2.11. The monoisotopic (exact) mass is 250 g/mol. The Bertz CT molecular complexity index is 453. The molecule has 18 heavy (non-hydrogen) atoms. The standard InChI is InChI=1S/C14H18O4/c1-8(2)14(15)18-12-6-5-10(16-4)7-11(12)13-9(3)17-13/h5-9,13H,1-4H3. The van der Waals surface area contributed by atoms with Crippen LogP contribution in [-0.4, -0.2) is 19.2 Å². The number of hydrogen-bond acceptors (Lipinski definition) is 4. The highest BCUT2D eigenvalue weighted by Gasteiger charge is 2.38. The first-order valence-corrected chi connectivity index (χ1v) is 6.08. The number of carbonyl (C=O) groups excluding carboxylic acids is 1. The molecular formula is C14H18O4. The highest BCUT2D eigenvalue weighted by Crippen LogP contribution is 2.44. The summed E-state index contributed by atoms with van der Waals surface area (Å²) < 4.78 is 16.0. The maximum atomic E-state index is 11.6. The zero-order valence-corrected chi connectivity index (χ0v) is 11.1. The van der Waals surface area contributed by atoms with E-state index in [1.807, 2.05) is 26.8 Å². The van der Waals surface area contributed by atoms with Crippen LogP contribution < -0.4 is 9.47 Å². The Morgan fingerprint density at radius 3 is 2.56 bits per heavy atom. The first-order chi connectivity index (χ1) is 8.52. The van der Waals surface area contributed by atoms with Gasteiger partial charge in [0.05, 0.1) is 19.1 Å². The fourth-order valence-electron chi connectivity index (χ4n) is 1.71. The van der Waals surface area contributed by atoms with Crippen LogP contribution in [0.4, 0.5) is 0 Å². The molecule has 0 spiro atoms. The molecule has 1 aliphatic rings. The number of rotatable bonds is 4. The number of esters is 1. The van der Waals surface area contributed by atoms with Crippen LogP contribution in [-0.2, 0) is 9.53 Å². The minimum Gasteiger partial charge on any atom is -0.497 e. The van der Waals surface area contributed by atoms with Gasteiger partial charge in [-0.25, -0.2) is 0 Å². The zero-order valence-electron chi connectivity index (χ0n) is 11.1. The molecule has 1 aliphatic heterocycles. The van der Waals surface area contributed by atoms with E-state index in [4.69, 9.17) is 14.2 Å². The first-order valence-electron chi connectivity index (χ1n) is 6.08. The normalized spacial score (nSPS) is 21.8. The molecule has 0 aliphatic carbocycles. The van der Waals surface area contributed by atoms with Gasteiger partial charge in [0.15, 0.2) is 0 Å². The third-order valence-corrected chi connectivity index (χ3v) is 2.92. The van der Waals surface area contributed by atoms with Crippen LogP contribution in [0.5, 0.6) is 11.5 Å². The Balaban J connectivity index is 2.25. The minimum absolute atomic E-state index is 0.00457. The van der Waals surface area contributed by atoms with Gasteiger partial charge in [-0.3, -0.25) is 4.79 Å². The summed E-state index contributed by atoms with van der Waals surface area (Å²) in [6, 6.07) is 5.39. The van der Waals surface area contributed by atoms with Gasteiger partial charge in [-0.05, 0) is 25.1 Å². The second kappa shape index (κ2) is 4.98. The molecule has 98 valence electrons. The number of carbonyl (C=O) groups is 1. The quantitative estimate of drug-likeness (QED) is 0.468. The van der Waals surface area contributed by atoms with Crippen molar-refractivity contribution < 1.29 is 19.0 Å². The van der Waals surface area contributed by atoms with E-state index < -0.39 is 0 Å². The maximum absolute atomic E-state index is 11.6. The Morgan fingerprint density at radius 1 is 1.39 bits per heavy atom. The van der Waals surface area contributed by atoms with Gasteiger partial charge in [0.1, 0.15) is 17.6 Å². The summed E-state index contributed by atoms with van der Waals surface area (Å²) in [7, 11) is 1.61. The van der Waals surface area contributed by atoms with E-state index in [-0.39, 0.29) is 24.1 Å². The lowest BCUT2D eigenvalue weighted by atomic mass is 10.1. The topological polar surface area (TPSA) is 48.1 Å². The van der Waals surface area contributed by atoms with Crippen molar-refractivity contribution in [2.24, 2.45) is 5.92 Å². The molecular weight excluding hydrogens is 232 g/mol. The van der Waals surface area contributed by atoms with Crippen LogP contribution >= 0.6 is 0 Å². The molecule has 2 unspecified atom stereocenters. The minimum atomic E-state index is -0.241. The number of hydrogen-bond donors (Lipinski definition) is 0. The van der Waals surface area contributed by atoms with Crippen molar-refractivity contribution in [3.8, 4) is 11.5 Å². The molecule has 0 amide bonds. The Labute approximate surface area is 107 Å². The van der Waals surface area contributed by atoms with Crippen LogP contribution in [0.2, 0.25) is 0 Å². The van der Waals surface area contributed by atoms with Gasteiger partial charge in [0.25, 0.3) is 0 Å². The molecule has 4 heteroatoms. The van der Waals surface area contributed by atoms with Crippen molar-refractivity contribution in [1.29, 1.82) is 0 Å². The van der Waals surface area contributed by atoms with Crippen molar-refractivity contribution in [2.45, 2.75) is 33.0 Å². The largest absolute Gasteiger partial charge is 0.497 e. The number of epoxide rings is 1. The molecule has 2 atom stereocenters. The second-order valence-corrected chi connectivity index (χ2v) is 4.74. The lowest BCUT2D eigenvalue weighted by Crippen LogP contribution is -2.15. The molecule has 0 saturated carbocycles. The molecule has 1 aromatic carbocycles. The van der Waals surface area contributed by atoms with Crippen molar-refractivity contribution in [1.82, 2.24) is 0 Å². The summed E-state index contributed by atoms with van der Waals surface area (Å²) >= 11 is 0. The van der Waals surface area contributed by atoms with Crippen LogP contribution in [0.3, 0.4) is 0 Å². The number of methoxy groups -OCH3 is 1. The van der Waals surface area contributed by atoms with Crippen LogP contribution in [0, 0.1) is 5.92 Å². The van der Waals surface area contributed by atoms with Crippen LogP contribution in [0.15, 0.2) is 18.2 Å². The summed E-state index contributed by atoms with van der Waals surface area (Å²) in [5, 5.41) is 0. The molecule has 1 saturated heterocycles. The van der Waals surface area contributed by atoms with E-state index in [2.05, 4.69) is 0 Å². The van der Waals surface area contributed by atoms with Gasteiger partial charge in [0.2, 0.25) is 0 Å². The Kier molecular flexibility index (Phi) is 3.57.